The quantitative estimate of drug-likeness (QED) is 0.817. The lowest BCUT2D eigenvalue weighted by Crippen LogP contribution is -2.47. The Hall–Kier alpha value is -0.120. The number of thiophene rings is 1. The van der Waals surface area contributed by atoms with Crippen LogP contribution >= 0.6 is 27.3 Å². The molecule has 0 radical (unpaired) electrons. The van der Waals surface area contributed by atoms with Gasteiger partial charge in [0, 0.05) is 6.04 Å². The first kappa shape index (κ1) is 17.2. The normalized spacial score (nSPS) is 24.2. The summed E-state index contributed by atoms with van der Waals surface area (Å²) in [6.07, 6.45) is -3.10. The first-order chi connectivity index (χ1) is 9.61. The Morgan fingerprint density at radius 3 is 2.48 bits per heavy atom. The molecule has 1 aromatic heterocycles. The second-order valence-electron chi connectivity index (χ2n) is 5.18. The third-order valence-electron chi connectivity index (χ3n) is 3.59. The number of rotatable bonds is 3. The molecule has 1 aliphatic rings. The topological polar surface area (TPSA) is 46.2 Å². The Kier molecular flexibility index (Phi) is 5.07. The van der Waals surface area contributed by atoms with Crippen LogP contribution in [0.3, 0.4) is 0 Å². The molecule has 2 unspecified atom stereocenters. The van der Waals surface area contributed by atoms with Crippen LogP contribution in [0.4, 0.5) is 13.2 Å². The largest absolute Gasteiger partial charge is 0.393 e. The van der Waals surface area contributed by atoms with Gasteiger partial charge in [-0.05, 0) is 47.3 Å². The molecule has 2 rings (SSSR count). The molecule has 1 fully saturated rings. The molecule has 1 aliphatic carbocycles. The fraction of sp³-hybridized carbons (Fsp3) is 0.667. The average Bonchev–Trinajstić information content (AvgIpc) is 2.69. The van der Waals surface area contributed by atoms with E-state index in [1.165, 1.54) is 6.07 Å². The lowest BCUT2D eigenvalue weighted by molar-refractivity contribution is -0.187. The molecule has 9 heteroatoms. The van der Waals surface area contributed by atoms with Crippen molar-refractivity contribution in [3.05, 3.63) is 15.4 Å². The van der Waals surface area contributed by atoms with Crippen LogP contribution in [-0.2, 0) is 10.0 Å². The zero-order valence-corrected chi connectivity index (χ0v) is 14.4. The molecular formula is C12H15BrF3NO2S2. The second kappa shape index (κ2) is 6.17. The summed E-state index contributed by atoms with van der Waals surface area (Å²) in [7, 11) is -3.92. The van der Waals surface area contributed by atoms with Crippen LogP contribution in [0.2, 0.25) is 0 Å². The highest BCUT2D eigenvalue weighted by Gasteiger charge is 2.46. The van der Waals surface area contributed by atoms with E-state index in [0.717, 1.165) is 16.9 Å². The van der Waals surface area contributed by atoms with E-state index in [9.17, 15) is 21.6 Å². The molecule has 1 aromatic rings. The average molecular weight is 406 g/mol. The van der Waals surface area contributed by atoms with Crippen LogP contribution in [0.25, 0.3) is 0 Å². The summed E-state index contributed by atoms with van der Waals surface area (Å²) in [5.41, 5.74) is 0.747. The van der Waals surface area contributed by atoms with Crippen molar-refractivity contribution in [2.45, 2.75) is 49.0 Å². The Morgan fingerprint density at radius 2 is 1.95 bits per heavy atom. The van der Waals surface area contributed by atoms with Crippen LogP contribution < -0.4 is 4.72 Å². The van der Waals surface area contributed by atoms with Crippen molar-refractivity contribution < 1.29 is 21.6 Å². The lowest BCUT2D eigenvalue weighted by Gasteiger charge is -2.33. The minimum Gasteiger partial charge on any atom is -0.207 e. The molecular weight excluding hydrogens is 391 g/mol. The number of nitrogens with one attached hydrogen (secondary N) is 1. The summed E-state index contributed by atoms with van der Waals surface area (Å²) < 4.78 is 66.4. The van der Waals surface area contributed by atoms with Crippen molar-refractivity contribution >= 4 is 37.3 Å². The first-order valence-electron chi connectivity index (χ1n) is 6.46. The van der Waals surface area contributed by atoms with Gasteiger partial charge in [0.15, 0.2) is 0 Å². The van der Waals surface area contributed by atoms with Crippen molar-refractivity contribution in [3.63, 3.8) is 0 Å². The smallest absolute Gasteiger partial charge is 0.207 e. The van der Waals surface area contributed by atoms with E-state index >= 15 is 0 Å². The highest BCUT2D eigenvalue weighted by Crippen LogP contribution is 2.39. The summed E-state index contributed by atoms with van der Waals surface area (Å²) in [6, 6.07) is 0.382. The number of hydrogen-bond acceptors (Lipinski definition) is 3. The van der Waals surface area contributed by atoms with Gasteiger partial charge in [-0.2, -0.15) is 13.2 Å². The van der Waals surface area contributed by atoms with Crippen LogP contribution in [-0.4, -0.2) is 20.6 Å². The highest BCUT2D eigenvalue weighted by atomic mass is 79.9. The molecule has 0 aliphatic heterocycles. The summed E-state index contributed by atoms with van der Waals surface area (Å²) in [5, 5.41) is 0. The molecule has 3 nitrogen and oxygen atoms in total. The maximum atomic E-state index is 13.0. The minimum absolute atomic E-state index is 0.0240. The Labute approximate surface area is 134 Å². The second-order valence-corrected chi connectivity index (χ2v) is 9.49. The monoisotopic (exact) mass is 405 g/mol. The van der Waals surface area contributed by atoms with Gasteiger partial charge in [-0.15, -0.1) is 11.3 Å². The van der Waals surface area contributed by atoms with E-state index in [0.29, 0.717) is 16.6 Å². The Bertz CT molecular complexity index is 593. The molecule has 0 bridgehead atoms. The Morgan fingerprint density at radius 1 is 1.33 bits per heavy atom. The van der Waals surface area contributed by atoms with Crippen LogP contribution in [0.1, 0.15) is 31.2 Å². The molecule has 1 heterocycles. The number of halogens is 4. The van der Waals surface area contributed by atoms with Crippen LogP contribution in [0.5, 0.6) is 0 Å². The van der Waals surface area contributed by atoms with Crippen molar-refractivity contribution in [2.75, 3.05) is 0 Å². The molecule has 0 spiro atoms. The maximum Gasteiger partial charge on any atom is 0.393 e. The zero-order chi connectivity index (χ0) is 15.8. The van der Waals surface area contributed by atoms with Gasteiger partial charge in [-0.1, -0.05) is 12.8 Å². The van der Waals surface area contributed by atoms with Gasteiger partial charge in [0.2, 0.25) is 10.0 Å². The van der Waals surface area contributed by atoms with E-state index in [-0.39, 0.29) is 17.1 Å². The third-order valence-corrected chi connectivity index (χ3v) is 7.69. The fourth-order valence-electron chi connectivity index (χ4n) is 2.49. The Balaban J connectivity index is 2.22. The van der Waals surface area contributed by atoms with E-state index in [2.05, 4.69) is 20.7 Å². The molecule has 0 amide bonds. The van der Waals surface area contributed by atoms with Gasteiger partial charge in [0.25, 0.3) is 0 Å². The van der Waals surface area contributed by atoms with Gasteiger partial charge >= 0.3 is 6.18 Å². The lowest BCUT2D eigenvalue weighted by atomic mass is 9.85. The summed E-state index contributed by atoms with van der Waals surface area (Å²) in [6.45, 7) is 1.73. The van der Waals surface area contributed by atoms with Crippen molar-refractivity contribution in [1.29, 1.82) is 0 Å². The number of sulfonamides is 1. The summed E-state index contributed by atoms with van der Waals surface area (Å²) in [4.78, 5) is 0. The van der Waals surface area contributed by atoms with Crippen LogP contribution in [0.15, 0.2) is 14.1 Å². The van der Waals surface area contributed by atoms with E-state index in [4.69, 9.17) is 0 Å². The fourth-order valence-corrected chi connectivity index (χ4v) is 6.04. The van der Waals surface area contributed by atoms with Crippen molar-refractivity contribution in [1.82, 2.24) is 4.72 Å². The number of aryl methyl sites for hydroxylation is 1. The van der Waals surface area contributed by atoms with E-state index in [1.807, 2.05) is 0 Å². The van der Waals surface area contributed by atoms with E-state index < -0.39 is 28.2 Å². The van der Waals surface area contributed by atoms with E-state index in [1.54, 1.807) is 6.92 Å². The molecule has 0 aromatic carbocycles. The highest BCUT2D eigenvalue weighted by molar-refractivity contribution is 9.11. The van der Waals surface area contributed by atoms with Gasteiger partial charge in [-0.3, -0.25) is 0 Å². The van der Waals surface area contributed by atoms with Crippen molar-refractivity contribution in [3.8, 4) is 0 Å². The molecule has 0 saturated heterocycles. The van der Waals surface area contributed by atoms with Crippen molar-refractivity contribution in [2.24, 2.45) is 5.92 Å². The minimum atomic E-state index is -4.38. The van der Waals surface area contributed by atoms with Gasteiger partial charge in [0.1, 0.15) is 4.21 Å². The number of alkyl halides is 3. The molecule has 120 valence electrons. The van der Waals surface area contributed by atoms with Gasteiger partial charge < -0.3 is 0 Å². The SMILES string of the molecule is Cc1cc(S(=O)(=O)NC2CCCCC2C(F)(F)F)sc1Br. The standard InChI is InChI=1S/C12H15BrF3NO2S2/c1-7-6-10(20-11(7)13)21(18,19)17-9-5-3-2-4-8(9)12(14,15)16/h6,8-9,17H,2-5H2,1H3. The van der Waals surface area contributed by atoms with Gasteiger partial charge in [-0.25, -0.2) is 13.1 Å². The maximum absolute atomic E-state index is 13.0. The predicted octanol–water partition coefficient (Wildman–Crippen LogP) is 4.22. The molecule has 1 N–H and O–H groups in total. The molecule has 2 atom stereocenters. The first-order valence-corrected chi connectivity index (χ1v) is 9.55. The summed E-state index contributed by atoms with van der Waals surface area (Å²) in [5.74, 6) is -1.61. The molecule has 21 heavy (non-hydrogen) atoms. The summed E-state index contributed by atoms with van der Waals surface area (Å²) >= 11 is 4.23. The third kappa shape index (κ3) is 4.00. The van der Waals surface area contributed by atoms with Crippen LogP contribution in [0, 0.1) is 12.8 Å². The molecule has 1 saturated carbocycles. The zero-order valence-electron chi connectivity index (χ0n) is 11.2. The predicted molar refractivity (Wildman–Crippen MR) is 78.9 cm³/mol. The number of hydrogen-bond donors (Lipinski definition) is 1. The van der Waals surface area contributed by atoms with Gasteiger partial charge in [0.05, 0.1) is 9.70 Å².